The maximum absolute atomic E-state index is 13.4. The number of hydrogen-bond donors (Lipinski definition) is 1. The van der Waals surface area contributed by atoms with Crippen LogP contribution in [-0.4, -0.2) is 55.7 Å². The van der Waals surface area contributed by atoms with Crippen LogP contribution in [0.1, 0.15) is 57.8 Å². The fourth-order valence-corrected chi connectivity index (χ4v) is 5.53. The smallest absolute Gasteiger partial charge is 0.409 e. The van der Waals surface area contributed by atoms with Crippen molar-refractivity contribution in [3.8, 4) is 5.75 Å². The quantitative estimate of drug-likeness (QED) is 0.511. The summed E-state index contributed by atoms with van der Waals surface area (Å²) in [6.07, 6.45) is 8.28. The zero-order valence-corrected chi connectivity index (χ0v) is 20.4. The van der Waals surface area contributed by atoms with Crippen molar-refractivity contribution in [1.29, 1.82) is 0 Å². The van der Waals surface area contributed by atoms with Crippen molar-refractivity contribution < 1.29 is 23.4 Å². The summed E-state index contributed by atoms with van der Waals surface area (Å²) in [7, 11) is 0. The maximum Gasteiger partial charge on any atom is 0.409 e. The Bertz CT molecular complexity index is 770. The Labute approximate surface area is 205 Å². The number of carbonyl (C=O) groups is 1. The first kappa shape index (κ1) is 24.8. The lowest BCUT2D eigenvalue weighted by molar-refractivity contribution is -0.0688. The molecule has 1 atom stereocenters. The lowest BCUT2D eigenvalue weighted by atomic mass is 9.84. The first-order chi connectivity index (χ1) is 16.0. The molecule has 1 N–H and O–H groups in total. The van der Waals surface area contributed by atoms with Crippen LogP contribution in [0.15, 0.2) is 12.1 Å². The molecule has 9 heteroatoms. The standard InChI is InChI=1S/C24H33Cl2FN2O4/c25-20-14-17(27)15-21(26)23(20)32-19-8-11-29(12-9-19)10-7-16-3-5-18(6-4-16)28-24(30)33-22-2-1-13-31-22/h14-16,18-19,22H,1-13H2,(H,28,30)/t16-,18-,22?. The van der Waals surface area contributed by atoms with Crippen molar-refractivity contribution >= 4 is 29.3 Å². The number of rotatable bonds is 7. The molecule has 0 aromatic heterocycles. The molecular weight excluding hydrogens is 470 g/mol. The fourth-order valence-electron chi connectivity index (χ4n) is 4.98. The van der Waals surface area contributed by atoms with Crippen molar-refractivity contribution in [3.63, 3.8) is 0 Å². The van der Waals surface area contributed by atoms with Gasteiger partial charge in [-0.2, -0.15) is 0 Å². The molecular formula is C24H33Cl2FN2O4. The van der Waals surface area contributed by atoms with Gasteiger partial charge in [-0.1, -0.05) is 23.2 Å². The molecule has 0 bridgehead atoms. The molecule has 1 saturated carbocycles. The van der Waals surface area contributed by atoms with Crippen LogP contribution in [-0.2, 0) is 9.47 Å². The number of alkyl carbamates (subject to hydrolysis) is 1. The van der Waals surface area contributed by atoms with Crippen LogP contribution in [0.3, 0.4) is 0 Å². The van der Waals surface area contributed by atoms with Crippen molar-refractivity contribution in [2.45, 2.75) is 76.2 Å². The number of benzene rings is 1. The summed E-state index contributed by atoms with van der Waals surface area (Å²) in [5.41, 5.74) is 0. The summed E-state index contributed by atoms with van der Waals surface area (Å²) < 4.78 is 30.0. The molecule has 3 aliphatic rings. The molecule has 6 nitrogen and oxygen atoms in total. The second-order valence-corrected chi connectivity index (χ2v) is 10.2. The van der Waals surface area contributed by atoms with Crippen LogP contribution < -0.4 is 10.1 Å². The summed E-state index contributed by atoms with van der Waals surface area (Å²) in [5, 5.41) is 3.43. The van der Waals surface area contributed by atoms with Gasteiger partial charge in [0.2, 0.25) is 6.29 Å². The summed E-state index contributed by atoms with van der Waals surface area (Å²) >= 11 is 12.2. The van der Waals surface area contributed by atoms with Gasteiger partial charge in [0.05, 0.1) is 16.7 Å². The van der Waals surface area contributed by atoms with Crippen molar-refractivity contribution in [2.75, 3.05) is 26.2 Å². The van der Waals surface area contributed by atoms with Crippen LogP contribution in [0.2, 0.25) is 10.0 Å². The van der Waals surface area contributed by atoms with Crippen LogP contribution in [0.25, 0.3) is 0 Å². The van der Waals surface area contributed by atoms with Crippen molar-refractivity contribution in [2.24, 2.45) is 5.92 Å². The first-order valence-corrected chi connectivity index (χ1v) is 12.8. The Morgan fingerprint density at radius 3 is 2.42 bits per heavy atom. The van der Waals surface area contributed by atoms with Crippen LogP contribution in [0.5, 0.6) is 5.75 Å². The topological polar surface area (TPSA) is 60.0 Å². The molecule has 1 aromatic carbocycles. The molecule has 1 aromatic rings. The van der Waals surface area contributed by atoms with Gasteiger partial charge in [0.25, 0.3) is 0 Å². The van der Waals surface area contributed by atoms with Crippen molar-refractivity contribution in [3.05, 3.63) is 28.0 Å². The third kappa shape index (κ3) is 7.35. The monoisotopic (exact) mass is 502 g/mol. The average molecular weight is 503 g/mol. The molecule has 2 heterocycles. The lowest BCUT2D eigenvalue weighted by Gasteiger charge is -2.34. The first-order valence-electron chi connectivity index (χ1n) is 12.1. The minimum atomic E-state index is -0.462. The summed E-state index contributed by atoms with van der Waals surface area (Å²) in [5.74, 6) is 0.613. The van der Waals surface area contributed by atoms with Gasteiger partial charge in [0.1, 0.15) is 11.9 Å². The highest BCUT2D eigenvalue weighted by Crippen LogP contribution is 2.36. The van der Waals surface area contributed by atoms with Gasteiger partial charge in [-0.3, -0.25) is 0 Å². The SMILES string of the molecule is O=C(N[C@H]1CC[C@H](CCN2CCC(Oc3c(Cl)cc(F)cc3Cl)CC2)CC1)OC1CCCO1. The Hall–Kier alpha value is -1.28. The summed E-state index contributed by atoms with van der Waals surface area (Å²) in [6, 6.07) is 2.66. The zero-order chi connectivity index (χ0) is 23.2. The Morgan fingerprint density at radius 1 is 1.09 bits per heavy atom. The molecule has 1 aliphatic carbocycles. The van der Waals surface area contributed by atoms with Gasteiger partial charge in [-0.25, -0.2) is 9.18 Å². The largest absolute Gasteiger partial charge is 0.487 e. The van der Waals surface area contributed by atoms with Crippen LogP contribution in [0.4, 0.5) is 9.18 Å². The van der Waals surface area contributed by atoms with E-state index in [1.165, 1.54) is 18.6 Å². The minimum absolute atomic E-state index is 0.0395. The van der Waals surface area contributed by atoms with E-state index in [1.807, 2.05) is 0 Å². The van der Waals surface area contributed by atoms with E-state index in [2.05, 4.69) is 10.2 Å². The predicted octanol–water partition coefficient (Wildman–Crippen LogP) is 5.79. The average Bonchev–Trinajstić information content (AvgIpc) is 3.29. The molecule has 33 heavy (non-hydrogen) atoms. The van der Waals surface area contributed by atoms with Gasteiger partial charge >= 0.3 is 6.09 Å². The molecule has 2 aliphatic heterocycles. The summed E-state index contributed by atoms with van der Waals surface area (Å²) in [4.78, 5) is 14.5. The number of likely N-dealkylation sites (tertiary alicyclic amines) is 1. The normalized spacial score (nSPS) is 26.8. The van der Waals surface area contributed by atoms with Gasteiger partial charge in [0, 0.05) is 25.6 Å². The van der Waals surface area contributed by atoms with E-state index >= 15 is 0 Å². The number of hydrogen-bond acceptors (Lipinski definition) is 5. The number of nitrogens with one attached hydrogen (secondary N) is 1. The number of piperidine rings is 1. The Morgan fingerprint density at radius 2 is 1.79 bits per heavy atom. The molecule has 2 saturated heterocycles. The minimum Gasteiger partial charge on any atom is -0.487 e. The van der Waals surface area contributed by atoms with E-state index in [9.17, 15) is 9.18 Å². The van der Waals surface area contributed by atoms with E-state index in [1.54, 1.807) is 0 Å². The number of ether oxygens (including phenoxy) is 3. The second kappa shape index (κ2) is 11.9. The molecule has 3 fully saturated rings. The van der Waals surface area contributed by atoms with E-state index in [-0.39, 0.29) is 34.6 Å². The van der Waals surface area contributed by atoms with E-state index in [4.69, 9.17) is 37.4 Å². The number of carbonyl (C=O) groups excluding carboxylic acids is 1. The number of amides is 1. The molecule has 1 unspecified atom stereocenters. The third-order valence-corrected chi connectivity index (χ3v) is 7.49. The second-order valence-electron chi connectivity index (χ2n) is 9.36. The van der Waals surface area contributed by atoms with E-state index in [0.29, 0.717) is 18.3 Å². The van der Waals surface area contributed by atoms with E-state index in [0.717, 1.165) is 71.0 Å². The van der Waals surface area contributed by atoms with Crippen LogP contribution in [0, 0.1) is 11.7 Å². The highest BCUT2D eigenvalue weighted by Gasteiger charge is 2.27. The highest BCUT2D eigenvalue weighted by atomic mass is 35.5. The fraction of sp³-hybridized carbons (Fsp3) is 0.708. The third-order valence-electron chi connectivity index (χ3n) is 6.93. The Kier molecular flexibility index (Phi) is 8.97. The zero-order valence-electron chi connectivity index (χ0n) is 18.9. The van der Waals surface area contributed by atoms with Crippen LogP contribution >= 0.6 is 23.2 Å². The number of nitrogens with zero attached hydrogens (tertiary/aromatic N) is 1. The summed E-state index contributed by atoms with van der Waals surface area (Å²) in [6.45, 7) is 3.68. The maximum atomic E-state index is 13.4. The van der Waals surface area contributed by atoms with E-state index < -0.39 is 5.82 Å². The lowest BCUT2D eigenvalue weighted by Crippen LogP contribution is -2.41. The highest BCUT2D eigenvalue weighted by molar-refractivity contribution is 6.37. The van der Waals surface area contributed by atoms with Gasteiger partial charge in [0.15, 0.2) is 5.75 Å². The van der Waals surface area contributed by atoms with Crippen molar-refractivity contribution in [1.82, 2.24) is 10.2 Å². The Balaban J connectivity index is 1.10. The predicted molar refractivity (Wildman–Crippen MR) is 125 cm³/mol. The molecule has 1 amide bonds. The van der Waals surface area contributed by atoms with Gasteiger partial charge < -0.3 is 24.4 Å². The molecule has 184 valence electrons. The molecule has 4 rings (SSSR count). The van der Waals surface area contributed by atoms with Gasteiger partial charge in [-0.15, -0.1) is 0 Å². The van der Waals surface area contributed by atoms with Gasteiger partial charge in [-0.05, 0) is 76.0 Å². The molecule has 0 radical (unpaired) electrons. The number of halogens is 3. The molecule has 0 spiro atoms.